The minimum absolute atomic E-state index is 0.559. The lowest BCUT2D eigenvalue weighted by molar-refractivity contribution is 0.686. The molecule has 2 N–H and O–H groups in total. The summed E-state index contributed by atoms with van der Waals surface area (Å²) in [5.74, 6) is 0. The van der Waals surface area contributed by atoms with Crippen LogP contribution in [0.4, 0.5) is 0 Å². The molecule has 0 saturated carbocycles. The van der Waals surface area contributed by atoms with Gasteiger partial charge in [0, 0.05) is 17.8 Å². The number of nitrogens with zero attached hydrogens (tertiary/aromatic N) is 1. The number of nitrogens with two attached hydrogens (primary N) is 1. The number of hydrogen-bond acceptors (Lipinski definition) is 2. The van der Waals surface area contributed by atoms with E-state index in [9.17, 15) is 0 Å². The van der Waals surface area contributed by atoms with E-state index in [1.807, 2.05) is 6.92 Å². The second kappa shape index (κ2) is 5.14. The molecule has 1 aromatic carbocycles. The first-order valence-electron chi connectivity index (χ1n) is 7.06. The van der Waals surface area contributed by atoms with E-state index in [2.05, 4.69) is 35.3 Å². The predicted octanol–water partition coefficient (Wildman–Crippen LogP) is 3.39. The summed E-state index contributed by atoms with van der Waals surface area (Å²) < 4.78 is 0. The zero-order valence-electron chi connectivity index (χ0n) is 11.4. The van der Waals surface area contributed by atoms with E-state index in [0.29, 0.717) is 6.54 Å². The van der Waals surface area contributed by atoms with Gasteiger partial charge in [-0.2, -0.15) is 0 Å². The van der Waals surface area contributed by atoms with Crippen LogP contribution in [0.15, 0.2) is 30.3 Å². The Kier molecular flexibility index (Phi) is 3.34. The number of rotatable bonds is 2. The molecular weight excluding hydrogens is 232 g/mol. The van der Waals surface area contributed by atoms with Crippen molar-refractivity contribution in [2.45, 2.75) is 39.2 Å². The first-order chi connectivity index (χ1) is 9.28. The topological polar surface area (TPSA) is 38.9 Å². The fourth-order valence-corrected chi connectivity index (χ4v) is 2.86. The molecule has 0 amide bonds. The zero-order chi connectivity index (χ0) is 13.2. The summed E-state index contributed by atoms with van der Waals surface area (Å²) in [7, 11) is 0. The van der Waals surface area contributed by atoms with Gasteiger partial charge in [-0.3, -0.25) is 4.98 Å². The number of benzene rings is 1. The minimum Gasteiger partial charge on any atom is -0.326 e. The zero-order valence-corrected chi connectivity index (χ0v) is 11.4. The number of fused-ring (bicyclic) bond motifs is 1. The highest BCUT2D eigenvalue weighted by Gasteiger charge is 2.11. The molecular formula is C17H20N2. The van der Waals surface area contributed by atoms with E-state index in [1.54, 1.807) is 0 Å². The summed E-state index contributed by atoms with van der Waals surface area (Å²) in [6, 6.07) is 11.0. The first kappa shape index (κ1) is 12.4. The van der Waals surface area contributed by atoms with Crippen LogP contribution in [0.2, 0.25) is 0 Å². The van der Waals surface area contributed by atoms with Crippen LogP contribution in [-0.2, 0) is 19.4 Å². The maximum atomic E-state index is 5.69. The maximum Gasteiger partial charge on any atom is 0.0705 e. The van der Waals surface area contributed by atoms with E-state index in [-0.39, 0.29) is 0 Å². The van der Waals surface area contributed by atoms with Crippen molar-refractivity contribution in [3.63, 3.8) is 0 Å². The van der Waals surface area contributed by atoms with Crippen molar-refractivity contribution in [2.24, 2.45) is 5.73 Å². The summed E-state index contributed by atoms with van der Waals surface area (Å²) in [4.78, 5) is 4.68. The normalized spacial score (nSPS) is 14.2. The highest BCUT2D eigenvalue weighted by molar-refractivity contribution is 5.62. The van der Waals surface area contributed by atoms with Crippen molar-refractivity contribution >= 4 is 0 Å². The van der Waals surface area contributed by atoms with E-state index in [4.69, 9.17) is 5.73 Å². The Bertz CT molecular complexity index is 602. The Hall–Kier alpha value is -1.67. The van der Waals surface area contributed by atoms with Crippen molar-refractivity contribution in [3.05, 3.63) is 52.7 Å². The first-order valence-corrected chi connectivity index (χ1v) is 7.06. The number of hydrogen-bond donors (Lipinski definition) is 1. The molecule has 2 heteroatoms. The van der Waals surface area contributed by atoms with Crippen LogP contribution >= 0.6 is 0 Å². The van der Waals surface area contributed by atoms with Crippen LogP contribution in [0.3, 0.4) is 0 Å². The van der Waals surface area contributed by atoms with E-state index in [1.165, 1.54) is 42.4 Å². The third-order valence-electron chi connectivity index (χ3n) is 4.06. The van der Waals surface area contributed by atoms with Crippen LogP contribution in [-0.4, -0.2) is 4.98 Å². The third-order valence-corrected chi connectivity index (χ3v) is 4.06. The van der Waals surface area contributed by atoms with Gasteiger partial charge in [-0.05, 0) is 61.4 Å². The highest BCUT2D eigenvalue weighted by Crippen LogP contribution is 2.27. The van der Waals surface area contributed by atoms with Crippen molar-refractivity contribution < 1.29 is 0 Å². The van der Waals surface area contributed by atoms with Crippen LogP contribution < -0.4 is 5.73 Å². The Morgan fingerprint density at radius 3 is 2.58 bits per heavy atom. The predicted molar refractivity (Wildman–Crippen MR) is 78.9 cm³/mol. The molecule has 0 saturated heterocycles. The Balaban J connectivity index is 2.00. The Labute approximate surface area is 114 Å². The summed E-state index contributed by atoms with van der Waals surface area (Å²) >= 11 is 0. The third kappa shape index (κ3) is 2.41. The van der Waals surface area contributed by atoms with Gasteiger partial charge in [0.2, 0.25) is 0 Å². The molecule has 19 heavy (non-hydrogen) atoms. The molecule has 3 rings (SSSR count). The number of aromatic nitrogens is 1. The van der Waals surface area contributed by atoms with Crippen molar-refractivity contribution in [2.75, 3.05) is 0 Å². The molecule has 0 spiro atoms. The largest absolute Gasteiger partial charge is 0.326 e. The van der Waals surface area contributed by atoms with Crippen LogP contribution in [0, 0.1) is 6.92 Å². The lowest BCUT2D eigenvalue weighted by Gasteiger charge is -2.16. The quantitative estimate of drug-likeness (QED) is 0.889. The molecule has 0 fully saturated rings. The molecule has 2 aromatic rings. The molecule has 0 bridgehead atoms. The second-order valence-corrected chi connectivity index (χ2v) is 5.34. The van der Waals surface area contributed by atoms with Gasteiger partial charge in [0.05, 0.1) is 5.69 Å². The van der Waals surface area contributed by atoms with Crippen LogP contribution in [0.1, 0.15) is 35.2 Å². The van der Waals surface area contributed by atoms with Gasteiger partial charge in [0.15, 0.2) is 0 Å². The van der Waals surface area contributed by atoms with Gasteiger partial charge in [0.25, 0.3) is 0 Å². The highest BCUT2D eigenvalue weighted by atomic mass is 14.7. The van der Waals surface area contributed by atoms with E-state index < -0.39 is 0 Å². The lowest BCUT2D eigenvalue weighted by atomic mass is 9.90. The molecule has 1 aliphatic carbocycles. The Morgan fingerprint density at radius 1 is 1.05 bits per heavy atom. The SMILES string of the molecule is Cc1nc(-c2ccc3c(c2)CCCC3)ccc1CN. The van der Waals surface area contributed by atoms with Crippen LogP contribution in [0.5, 0.6) is 0 Å². The van der Waals surface area contributed by atoms with Crippen molar-refractivity contribution in [1.82, 2.24) is 4.98 Å². The monoisotopic (exact) mass is 252 g/mol. The van der Waals surface area contributed by atoms with Gasteiger partial charge in [0.1, 0.15) is 0 Å². The smallest absolute Gasteiger partial charge is 0.0705 e. The second-order valence-electron chi connectivity index (χ2n) is 5.34. The lowest BCUT2D eigenvalue weighted by Crippen LogP contribution is -2.03. The fourth-order valence-electron chi connectivity index (χ4n) is 2.86. The van der Waals surface area contributed by atoms with Gasteiger partial charge in [-0.15, -0.1) is 0 Å². The molecule has 0 radical (unpaired) electrons. The standard InChI is InChI=1S/C17H20N2/c1-12-16(11-18)8-9-17(19-12)15-7-6-13-4-2-3-5-14(13)10-15/h6-10H,2-5,11,18H2,1H3. The van der Waals surface area contributed by atoms with Crippen molar-refractivity contribution in [1.29, 1.82) is 0 Å². The van der Waals surface area contributed by atoms with Crippen molar-refractivity contribution in [3.8, 4) is 11.3 Å². The molecule has 1 heterocycles. The molecule has 2 nitrogen and oxygen atoms in total. The fraction of sp³-hybridized carbons (Fsp3) is 0.353. The Morgan fingerprint density at radius 2 is 1.84 bits per heavy atom. The van der Waals surface area contributed by atoms with Gasteiger partial charge < -0.3 is 5.73 Å². The maximum absolute atomic E-state index is 5.69. The molecule has 0 aliphatic heterocycles. The summed E-state index contributed by atoms with van der Waals surface area (Å²) in [5, 5.41) is 0. The minimum atomic E-state index is 0.559. The average Bonchev–Trinajstić information content (AvgIpc) is 2.46. The number of aryl methyl sites for hydroxylation is 3. The van der Waals surface area contributed by atoms with E-state index in [0.717, 1.165) is 17.0 Å². The number of pyridine rings is 1. The van der Waals surface area contributed by atoms with Gasteiger partial charge in [-0.1, -0.05) is 18.2 Å². The molecule has 98 valence electrons. The summed E-state index contributed by atoms with van der Waals surface area (Å²) in [6.45, 7) is 2.59. The van der Waals surface area contributed by atoms with Gasteiger partial charge in [-0.25, -0.2) is 0 Å². The van der Waals surface area contributed by atoms with Crippen LogP contribution in [0.25, 0.3) is 11.3 Å². The molecule has 0 unspecified atom stereocenters. The molecule has 0 atom stereocenters. The summed E-state index contributed by atoms with van der Waals surface area (Å²) in [5.41, 5.74) is 13.2. The summed E-state index contributed by atoms with van der Waals surface area (Å²) in [6.07, 6.45) is 5.08. The van der Waals surface area contributed by atoms with Gasteiger partial charge >= 0.3 is 0 Å². The average molecular weight is 252 g/mol. The molecule has 1 aromatic heterocycles. The molecule has 1 aliphatic rings. The van der Waals surface area contributed by atoms with E-state index >= 15 is 0 Å².